The number of hydrogen-bond donors (Lipinski definition) is 1. The fraction of sp³-hybridized carbons (Fsp3) is 0.143. The maximum Gasteiger partial charge on any atom is 0.213 e. The maximum absolute atomic E-state index is 8.77. The van der Waals surface area contributed by atoms with Crippen molar-refractivity contribution in [1.82, 2.24) is 4.98 Å². The second-order valence-electron chi connectivity index (χ2n) is 3.75. The summed E-state index contributed by atoms with van der Waals surface area (Å²) in [4.78, 5) is 4.15. The van der Waals surface area contributed by atoms with Gasteiger partial charge in [-0.2, -0.15) is 5.26 Å². The van der Waals surface area contributed by atoms with Crippen LogP contribution in [0.15, 0.2) is 36.5 Å². The predicted molar refractivity (Wildman–Crippen MR) is 74.9 cm³/mol. The minimum atomic E-state index is 0.493. The SMILES string of the molecule is CCOc1ccc(Nc2ccc(C#N)cc2Cl)cn1. The van der Waals surface area contributed by atoms with Crippen LogP contribution in [0.5, 0.6) is 5.88 Å². The fourth-order valence-corrected chi connectivity index (χ4v) is 1.76. The molecule has 1 heterocycles. The minimum absolute atomic E-state index is 0.493. The number of nitrogens with zero attached hydrogens (tertiary/aromatic N) is 2. The van der Waals surface area contributed by atoms with E-state index in [0.717, 1.165) is 11.4 Å². The van der Waals surface area contributed by atoms with E-state index in [1.54, 1.807) is 30.5 Å². The number of benzene rings is 1. The molecule has 19 heavy (non-hydrogen) atoms. The van der Waals surface area contributed by atoms with E-state index in [1.165, 1.54) is 0 Å². The van der Waals surface area contributed by atoms with Gasteiger partial charge in [-0.1, -0.05) is 11.6 Å². The van der Waals surface area contributed by atoms with E-state index < -0.39 is 0 Å². The molecule has 1 N–H and O–H groups in total. The first kappa shape index (κ1) is 13.2. The van der Waals surface area contributed by atoms with Gasteiger partial charge in [0.15, 0.2) is 0 Å². The largest absolute Gasteiger partial charge is 0.478 e. The number of hydrogen-bond acceptors (Lipinski definition) is 4. The first-order valence-corrected chi connectivity index (χ1v) is 6.16. The Kier molecular flexibility index (Phi) is 4.22. The molecule has 2 rings (SSSR count). The third kappa shape index (κ3) is 3.36. The van der Waals surface area contributed by atoms with Crippen LogP contribution in [0.25, 0.3) is 0 Å². The lowest BCUT2D eigenvalue weighted by Crippen LogP contribution is -1.96. The van der Waals surface area contributed by atoms with Crippen LogP contribution in [0, 0.1) is 11.3 Å². The van der Waals surface area contributed by atoms with Crippen molar-refractivity contribution in [2.45, 2.75) is 6.92 Å². The molecule has 0 spiro atoms. The summed E-state index contributed by atoms with van der Waals surface area (Å²) in [6.45, 7) is 2.49. The highest BCUT2D eigenvalue weighted by Crippen LogP contribution is 2.26. The summed E-state index contributed by atoms with van der Waals surface area (Å²) in [6.07, 6.45) is 1.67. The van der Waals surface area contributed by atoms with E-state index in [2.05, 4.69) is 10.3 Å². The van der Waals surface area contributed by atoms with Crippen molar-refractivity contribution in [2.24, 2.45) is 0 Å². The number of pyridine rings is 1. The van der Waals surface area contributed by atoms with Gasteiger partial charge in [0.2, 0.25) is 5.88 Å². The molecule has 0 saturated heterocycles. The molecular formula is C14H12ClN3O. The zero-order valence-corrected chi connectivity index (χ0v) is 11.1. The molecule has 0 aliphatic heterocycles. The van der Waals surface area contributed by atoms with E-state index in [0.29, 0.717) is 23.1 Å². The molecule has 1 aromatic carbocycles. The van der Waals surface area contributed by atoms with E-state index in [-0.39, 0.29) is 0 Å². The summed E-state index contributed by atoms with van der Waals surface area (Å²) >= 11 is 6.08. The Morgan fingerprint density at radius 2 is 2.21 bits per heavy atom. The second kappa shape index (κ2) is 6.07. The molecule has 0 saturated carbocycles. The average Bonchev–Trinajstić information content (AvgIpc) is 2.43. The zero-order chi connectivity index (χ0) is 13.7. The van der Waals surface area contributed by atoms with Crippen LogP contribution in [0.2, 0.25) is 5.02 Å². The molecule has 0 atom stereocenters. The number of halogens is 1. The van der Waals surface area contributed by atoms with Gasteiger partial charge in [-0.15, -0.1) is 0 Å². The van der Waals surface area contributed by atoms with Crippen molar-refractivity contribution in [2.75, 3.05) is 11.9 Å². The lowest BCUT2D eigenvalue weighted by atomic mass is 10.2. The standard InChI is InChI=1S/C14H12ClN3O/c1-2-19-14-6-4-11(9-17-14)18-13-5-3-10(8-16)7-12(13)15/h3-7,9,18H,2H2,1H3. The van der Waals surface area contributed by atoms with Gasteiger partial charge in [0.1, 0.15) is 0 Å². The number of anilines is 2. The van der Waals surface area contributed by atoms with Crippen LogP contribution < -0.4 is 10.1 Å². The molecule has 0 radical (unpaired) electrons. The van der Waals surface area contributed by atoms with Gasteiger partial charge in [0, 0.05) is 6.07 Å². The predicted octanol–water partition coefficient (Wildman–Crippen LogP) is 3.75. The highest BCUT2D eigenvalue weighted by atomic mass is 35.5. The zero-order valence-electron chi connectivity index (χ0n) is 10.4. The molecule has 0 aliphatic carbocycles. The van der Waals surface area contributed by atoms with Crippen LogP contribution in [0.1, 0.15) is 12.5 Å². The summed E-state index contributed by atoms with van der Waals surface area (Å²) in [5.41, 5.74) is 2.06. The van der Waals surface area contributed by atoms with Crippen molar-refractivity contribution in [3.63, 3.8) is 0 Å². The van der Waals surface area contributed by atoms with Crippen molar-refractivity contribution in [1.29, 1.82) is 5.26 Å². The Morgan fingerprint density at radius 3 is 2.79 bits per heavy atom. The molecule has 4 nitrogen and oxygen atoms in total. The number of nitrogens with one attached hydrogen (secondary N) is 1. The Morgan fingerprint density at radius 1 is 1.37 bits per heavy atom. The molecule has 0 aliphatic rings. The number of aromatic nitrogens is 1. The molecule has 0 bridgehead atoms. The molecular weight excluding hydrogens is 262 g/mol. The molecule has 5 heteroatoms. The number of nitriles is 1. The summed E-state index contributed by atoms with van der Waals surface area (Å²) in [5, 5.41) is 12.4. The van der Waals surface area contributed by atoms with Gasteiger partial charge in [0.05, 0.1) is 40.8 Å². The van der Waals surface area contributed by atoms with Crippen molar-refractivity contribution >= 4 is 23.0 Å². The van der Waals surface area contributed by atoms with E-state index in [1.807, 2.05) is 19.1 Å². The molecule has 0 unspecified atom stereocenters. The Hall–Kier alpha value is -2.25. The van der Waals surface area contributed by atoms with E-state index >= 15 is 0 Å². The summed E-state index contributed by atoms with van der Waals surface area (Å²) in [5.74, 6) is 0.582. The molecule has 0 amide bonds. The Balaban J connectivity index is 2.15. The summed E-state index contributed by atoms with van der Waals surface area (Å²) in [6, 6.07) is 10.8. The molecule has 1 aromatic heterocycles. The first-order valence-electron chi connectivity index (χ1n) is 5.78. The minimum Gasteiger partial charge on any atom is -0.478 e. The summed E-state index contributed by atoms with van der Waals surface area (Å²) in [7, 11) is 0. The third-order valence-corrected chi connectivity index (χ3v) is 2.72. The monoisotopic (exact) mass is 273 g/mol. The number of ether oxygens (including phenoxy) is 1. The maximum atomic E-state index is 8.77. The third-order valence-electron chi connectivity index (χ3n) is 2.41. The topological polar surface area (TPSA) is 57.9 Å². The lowest BCUT2D eigenvalue weighted by Gasteiger charge is -2.09. The quantitative estimate of drug-likeness (QED) is 0.922. The van der Waals surface area contributed by atoms with Crippen LogP contribution in [0.4, 0.5) is 11.4 Å². The second-order valence-corrected chi connectivity index (χ2v) is 4.16. The average molecular weight is 274 g/mol. The normalized spacial score (nSPS) is 9.74. The van der Waals surface area contributed by atoms with Crippen LogP contribution >= 0.6 is 11.6 Å². The van der Waals surface area contributed by atoms with Gasteiger partial charge in [-0.05, 0) is 31.2 Å². The van der Waals surface area contributed by atoms with E-state index in [4.69, 9.17) is 21.6 Å². The van der Waals surface area contributed by atoms with E-state index in [9.17, 15) is 0 Å². The lowest BCUT2D eigenvalue weighted by molar-refractivity contribution is 0.327. The highest BCUT2D eigenvalue weighted by molar-refractivity contribution is 6.33. The van der Waals surface area contributed by atoms with Gasteiger partial charge in [0.25, 0.3) is 0 Å². The van der Waals surface area contributed by atoms with Crippen molar-refractivity contribution in [3.05, 3.63) is 47.1 Å². The van der Waals surface area contributed by atoms with Crippen LogP contribution in [0.3, 0.4) is 0 Å². The van der Waals surface area contributed by atoms with Crippen LogP contribution in [-0.2, 0) is 0 Å². The van der Waals surface area contributed by atoms with Gasteiger partial charge >= 0.3 is 0 Å². The molecule has 96 valence electrons. The van der Waals surface area contributed by atoms with Crippen molar-refractivity contribution in [3.8, 4) is 11.9 Å². The highest BCUT2D eigenvalue weighted by Gasteiger charge is 2.03. The Bertz CT molecular complexity index is 605. The molecule has 0 fully saturated rings. The summed E-state index contributed by atoms with van der Waals surface area (Å²) < 4.78 is 5.26. The van der Waals surface area contributed by atoms with Crippen molar-refractivity contribution < 1.29 is 4.74 Å². The van der Waals surface area contributed by atoms with Gasteiger partial charge < -0.3 is 10.1 Å². The van der Waals surface area contributed by atoms with Crippen LogP contribution in [-0.4, -0.2) is 11.6 Å². The smallest absolute Gasteiger partial charge is 0.213 e. The molecule has 2 aromatic rings. The number of rotatable bonds is 4. The van der Waals surface area contributed by atoms with Gasteiger partial charge in [-0.3, -0.25) is 0 Å². The fourth-order valence-electron chi connectivity index (χ4n) is 1.53. The Labute approximate surface area is 116 Å². The van der Waals surface area contributed by atoms with Gasteiger partial charge in [-0.25, -0.2) is 4.98 Å². The first-order chi connectivity index (χ1) is 9.22.